The summed E-state index contributed by atoms with van der Waals surface area (Å²) in [5.74, 6) is -3.47. The number of imidazole rings is 1. The molecule has 6 N–H and O–H groups in total. The van der Waals surface area contributed by atoms with Crippen LogP contribution in [0.5, 0.6) is 0 Å². The van der Waals surface area contributed by atoms with Gasteiger partial charge in [-0.25, -0.2) is 13.8 Å². The smallest absolute Gasteiger partial charge is 0.321 e. The van der Waals surface area contributed by atoms with E-state index in [9.17, 15) is 28.4 Å². The molecule has 2 heterocycles. The van der Waals surface area contributed by atoms with E-state index in [0.717, 1.165) is 40.4 Å². The van der Waals surface area contributed by atoms with Gasteiger partial charge in [0.1, 0.15) is 23.5 Å². The lowest BCUT2D eigenvalue weighted by Crippen LogP contribution is -2.47. The highest BCUT2D eigenvalue weighted by atomic mass is 32.2. The maximum Gasteiger partial charge on any atom is 0.321 e. The Kier molecular flexibility index (Phi) is 15.7. The van der Waals surface area contributed by atoms with Crippen LogP contribution in [-0.4, -0.2) is 110 Å². The molecule has 1 unspecified atom stereocenters. The number of aliphatic carboxylic acids is 1. The molecule has 14 nitrogen and oxygen atoms in total. The first-order valence-corrected chi connectivity index (χ1v) is 19.5. The first-order chi connectivity index (χ1) is 26.5. The summed E-state index contributed by atoms with van der Waals surface area (Å²) in [6.07, 6.45) is 1.87. The van der Waals surface area contributed by atoms with E-state index < -0.39 is 58.2 Å². The lowest BCUT2D eigenvalue weighted by atomic mass is 9.84. The van der Waals surface area contributed by atoms with Gasteiger partial charge in [0, 0.05) is 50.0 Å². The number of carbonyl (C=O) groups is 5. The van der Waals surface area contributed by atoms with Crippen molar-refractivity contribution in [2.45, 2.75) is 76.9 Å². The number of halogens is 2. The second-order valence-corrected chi connectivity index (χ2v) is 15.8. The molecule has 0 saturated carbocycles. The summed E-state index contributed by atoms with van der Waals surface area (Å²) in [7, 11) is 0. The van der Waals surface area contributed by atoms with E-state index in [0.29, 0.717) is 12.4 Å². The molecule has 1 aromatic heterocycles. The molecule has 17 heteroatoms. The number of hydrogen-bond acceptors (Lipinski definition) is 10. The molecule has 304 valence electrons. The number of aromatic nitrogens is 2. The van der Waals surface area contributed by atoms with E-state index in [1.807, 2.05) is 55.7 Å². The van der Waals surface area contributed by atoms with Gasteiger partial charge in [0.2, 0.25) is 23.6 Å². The quantitative estimate of drug-likeness (QED) is 0.0965. The Morgan fingerprint density at radius 3 is 2.46 bits per heavy atom. The number of rotatable bonds is 20. The molecule has 0 radical (unpaired) electrons. The standard InChI is InChI=1S/C39H51F2N7O7S/c1-5-32(49)47(15-13-28(42)36(51)44-14-17-55-18-16-48-33(50)20-31(37(48)52)56-23-29(43)38(53)54)34(39(2,3)4)35-45-30(26-19-25(40)11-12-27(26)41)22-46(35)21-24-9-7-6-8-10-24/h6-12,19,22,28-29,31,34H,5,13-18,20-21,23,42-43H2,1-4H3,(H,44,51)(H,53,54)/t28-,29-,31?,34-/m0/s1. The SMILES string of the molecule is CCC(=O)N(CC[C@H](N)C(=O)NCCOCCN1C(=O)CC(SC[C@H](N)C(=O)O)C1=O)[C@@H](c1nc(-c2cc(F)ccc2F)cn1Cc1ccccc1)C(C)(C)C. The lowest BCUT2D eigenvalue weighted by Gasteiger charge is -2.40. The molecule has 56 heavy (non-hydrogen) atoms. The summed E-state index contributed by atoms with van der Waals surface area (Å²) in [6.45, 7) is 8.24. The summed E-state index contributed by atoms with van der Waals surface area (Å²) in [6, 6.07) is 9.94. The Labute approximate surface area is 329 Å². The lowest BCUT2D eigenvalue weighted by molar-refractivity contribution is -0.140. The zero-order valence-corrected chi connectivity index (χ0v) is 32.9. The number of benzene rings is 2. The van der Waals surface area contributed by atoms with Gasteiger partial charge in [0.05, 0.1) is 42.8 Å². The van der Waals surface area contributed by atoms with E-state index in [1.165, 1.54) is 0 Å². The van der Waals surface area contributed by atoms with Gasteiger partial charge in [-0.2, -0.15) is 0 Å². The molecule has 1 saturated heterocycles. The number of carboxylic acid groups (broad SMARTS) is 1. The van der Waals surface area contributed by atoms with Crippen molar-refractivity contribution in [3.8, 4) is 11.3 Å². The molecule has 4 amide bonds. The topological polar surface area (TPSA) is 203 Å². The van der Waals surface area contributed by atoms with Crippen molar-refractivity contribution in [3.63, 3.8) is 0 Å². The largest absolute Gasteiger partial charge is 0.480 e. The van der Waals surface area contributed by atoms with Crippen molar-refractivity contribution in [1.82, 2.24) is 24.7 Å². The van der Waals surface area contributed by atoms with Gasteiger partial charge >= 0.3 is 5.97 Å². The van der Waals surface area contributed by atoms with Crippen LogP contribution in [0.25, 0.3) is 11.3 Å². The fraction of sp³-hybridized carbons (Fsp3) is 0.487. The molecule has 1 aliphatic heterocycles. The third kappa shape index (κ3) is 11.7. The van der Waals surface area contributed by atoms with Crippen molar-refractivity contribution in [1.29, 1.82) is 0 Å². The van der Waals surface area contributed by atoms with Crippen molar-refractivity contribution in [3.05, 3.63) is 77.8 Å². The highest BCUT2D eigenvalue weighted by Gasteiger charge is 2.40. The van der Waals surface area contributed by atoms with Crippen LogP contribution in [0.3, 0.4) is 0 Å². The Hall–Kier alpha value is -4.71. The molecule has 1 aliphatic rings. The molecule has 1 fully saturated rings. The van der Waals surface area contributed by atoms with E-state index >= 15 is 4.39 Å². The van der Waals surface area contributed by atoms with Gasteiger partial charge in [0.15, 0.2) is 0 Å². The van der Waals surface area contributed by atoms with Gasteiger partial charge in [-0.1, -0.05) is 58.0 Å². The van der Waals surface area contributed by atoms with Crippen LogP contribution in [0, 0.1) is 17.0 Å². The second-order valence-electron chi connectivity index (χ2n) is 14.6. The Morgan fingerprint density at radius 1 is 1.09 bits per heavy atom. The molecule has 3 aromatic rings. The molecule has 2 aromatic carbocycles. The molecular formula is C39H51F2N7O7S. The van der Waals surface area contributed by atoms with Crippen molar-refractivity contribution in [2.75, 3.05) is 38.6 Å². The average Bonchev–Trinajstić information content (AvgIpc) is 3.68. The normalized spacial score (nSPS) is 16.1. The van der Waals surface area contributed by atoms with E-state index in [4.69, 9.17) is 26.3 Å². The van der Waals surface area contributed by atoms with Crippen LogP contribution in [0.2, 0.25) is 0 Å². The van der Waals surface area contributed by atoms with E-state index in [1.54, 1.807) is 18.0 Å². The van der Waals surface area contributed by atoms with Crippen LogP contribution in [0.15, 0.2) is 54.7 Å². The summed E-state index contributed by atoms with van der Waals surface area (Å²) in [5.41, 5.74) is 12.3. The minimum atomic E-state index is -1.19. The summed E-state index contributed by atoms with van der Waals surface area (Å²) in [5, 5.41) is 11.0. The average molecular weight is 800 g/mol. The van der Waals surface area contributed by atoms with Crippen molar-refractivity contribution < 1.29 is 42.6 Å². The third-order valence-electron chi connectivity index (χ3n) is 9.23. The molecule has 4 rings (SSSR count). The number of carbonyl (C=O) groups excluding carboxylic acids is 4. The number of carboxylic acids is 1. The monoisotopic (exact) mass is 799 g/mol. The summed E-state index contributed by atoms with van der Waals surface area (Å²) >= 11 is 1.03. The second kappa shape index (κ2) is 19.9. The van der Waals surface area contributed by atoms with Crippen LogP contribution in [0.4, 0.5) is 8.78 Å². The molecular weight excluding hydrogens is 749 g/mol. The maximum atomic E-state index is 15.0. The fourth-order valence-electron chi connectivity index (χ4n) is 6.33. The number of nitrogens with two attached hydrogens (primary N) is 2. The van der Waals surface area contributed by atoms with E-state index in [2.05, 4.69) is 5.32 Å². The van der Waals surface area contributed by atoms with Gasteiger partial charge < -0.3 is 36.1 Å². The summed E-state index contributed by atoms with van der Waals surface area (Å²) in [4.78, 5) is 70.1. The van der Waals surface area contributed by atoms with Gasteiger partial charge in [-0.15, -0.1) is 11.8 Å². The van der Waals surface area contributed by atoms with Crippen LogP contribution >= 0.6 is 11.8 Å². The Morgan fingerprint density at radius 2 is 1.80 bits per heavy atom. The Bertz CT molecular complexity index is 1860. The number of nitrogens with one attached hydrogen (secondary N) is 1. The number of thioether (sulfide) groups is 1. The number of likely N-dealkylation sites (tertiary alicyclic amines) is 1. The first-order valence-electron chi connectivity index (χ1n) is 18.4. The first kappa shape index (κ1) is 44.0. The maximum absolute atomic E-state index is 15.0. The predicted octanol–water partition coefficient (Wildman–Crippen LogP) is 3.33. The van der Waals surface area contributed by atoms with Crippen molar-refractivity contribution in [2.24, 2.45) is 16.9 Å². The minimum absolute atomic E-state index is 0.00337. The summed E-state index contributed by atoms with van der Waals surface area (Å²) < 4.78 is 36.7. The van der Waals surface area contributed by atoms with Crippen LogP contribution < -0.4 is 16.8 Å². The Balaban J connectivity index is 1.38. The highest BCUT2D eigenvalue weighted by molar-refractivity contribution is 8.00. The highest BCUT2D eigenvalue weighted by Crippen LogP contribution is 2.40. The molecule has 4 atom stereocenters. The van der Waals surface area contributed by atoms with Gasteiger partial charge in [-0.05, 0) is 35.6 Å². The van der Waals surface area contributed by atoms with Crippen molar-refractivity contribution >= 4 is 41.4 Å². The molecule has 0 aliphatic carbocycles. The van der Waals surface area contributed by atoms with Gasteiger partial charge in [-0.3, -0.25) is 28.9 Å². The number of ether oxygens (including phenoxy) is 1. The zero-order valence-electron chi connectivity index (χ0n) is 32.1. The number of hydrogen-bond donors (Lipinski definition) is 4. The fourth-order valence-corrected chi connectivity index (χ4v) is 7.44. The van der Waals surface area contributed by atoms with E-state index in [-0.39, 0.29) is 80.9 Å². The minimum Gasteiger partial charge on any atom is -0.480 e. The third-order valence-corrected chi connectivity index (χ3v) is 10.5. The number of nitrogens with zero attached hydrogens (tertiary/aromatic N) is 4. The van der Waals surface area contributed by atoms with Gasteiger partial charge in [0.25, 0.3) is 0 Å². The predicted molar refractivity (Wildman–Crippen MR) is 207 cm³/mol. The zero-order chi connectivity index (χ0) is 41.2. The molecule has 0 spiro atoms. The molecule has 0 bridgehead atoms. The van der Waals surface area contributed by atoms with Crippen LogP contribution in [-0.2, 0) is 35.3 Å². The number of amides is 4. The van der Waals surface area contributed by atoms with Crippen LogP contribution in [0.1, 0.15) is 64.4 Å². The number of imide groups is 1.